The van der Waals surface area contributed by atoms with Gasteiger partial charge in [0.05, 0.1) is 12.7 Å². The number of rotatable bonds is 5. The highest BCUT2D eigenvalue weighted by Crippen LogP contribution is 2.24. The highest BCUT2D eigenvalue weighted by Gasteiger charge is 2.31. The molecule has 1 heterocycles. The molecule has 2 atom stereocenters. The number of benzene rings is 2. The van der Waals surface area contributed by atoms with Crippen LogP contribution >= 0.6 is 0 Å². The number of nitrogens with zero attached hydrogens (tertiary/aromatic N) is 1. The third-order valence-corrected chi connectivity index (χ3v) is 4.96. The van der Waals surface area contributed by atoms with Crippen molar-refractivity contribution in [3.63, 3.8) is 0 Å². The van der Waals surface area contributed by atoms with E-state index in [-0.39, 0.29) is 24.2 Å². The topological polar surface area (TPSA) is 49.8 Å². The van der Waals surface area contributed by atoms with Crippen molar-refractivity contribution in [2.75, 3.05) is 20.2 Å². The Bertz CT molecular complexity index is 747. The van der Waals surface area contributed by atoms with Crippen molar-refractivity contribution in [2.45, 2.75) is 25.6 Å². The number of aliphatic hydroxyl groups is 1. The van der Waals surface area contributed by atoms with Gasteiger partial charge in [0.25, 0.3) is 5.91 Å². The van der Waals surface area contributed by atoms with Gasteiger partial charge in [-0.05, 0) is 48.1 Å². The number of halogens is 1. The standard InChI is InChI=1S/C21H24FNO3/c1-26-14-15-6-8-16(9-7-15)21(25)23-11-10-18(20(24)13-23)12-17-4-2-3-5-19(17)22/h2-9,18,20,24H,10-14H2,1H3/t18-,20+/m1/s1. The minimum atomic E-state index is -0.653. The molecule has 1 aliphatic rings. The molecular formula is C21H24FNO3. The van der Waals surface area contributed by atoms with E-state index in [0.29, 0.717) is 37.1 Å². The smallest absolute Gasteiger partial charge is 0.253 e. The number of carbonyl (C=O) groups excluding carboxylic acids is 1. The Morgan fingerprint density at radius 2 is 1.96 bits per heavy atom. The minimum absolute atomic E-state index is 0.0416. The molecule has 3 rings (SSSR count). The van der Waals surface area contributed by atoms with Gasteiger partial charge in [0.2, 0.25) is 0 Å². The first-order valence-corrected chi connectivity index (χ1v) is 8.87. The Hall–Kier alpha value is -2.24. The van der Waals surface area contributed by atoms with E-state index in [1.54, 1.807) is 42.3 Å². The summed E-state index contributed by atoms with van der Waals surface area (Å²) in [5.41, 5.74) is 2.22. The molecule has 1 amide bonds. The van der Waals surface area contributed by atoms with Gasteiger partial charge in [-0.3, -0.25) is 4.79 Å². The van der Waals surface area contributed by atoms with Crippen LogP contribution in [0.5, 0.6) is 0 Å². The number of aliphatic hydroxyl groups excluding tert-OH is 1. The lowest BCUT2D eigenvalue weighted by atomic mass is 9.87. The molecule has 1 saturated heterocycles. The molecule has 0 radical (unpaired) electrons. The van der Waals surface area contributed by atoms with Gasteiger partial charge >= 0.3 is 0 Å². The zero-order valence-electron chi connectivity index (χ0n) is 14.9. The number of piperidine rings is 1. The molecule has 2 aromatic carbocycles. The Kier molecular flexibility index (Phi) is 6.01. The fraction of sp³-hybridized carbons (Fsp3) is 0.381. The van der Waals surface area contributed by atoms with Crippen LogP contribution in [0.3, 0.4) is 0 Å². The first kappa shape index (κ1) is 18.5. The number of likely N-dealkylation sites (tertiary alicyclic amines) is 1. The van der Waals surface area contributed by atoms with E-state index in [2.05, 4.69) is 0 Å². The number of hydrogen-bond donors (Lipinski definition) is 1. The Labute approximate surface area is 153 Å². The molecule has 1 fully saturated rings. The van der Waals surface area contributed by atoms with Crippen LogP contribution in [0.15, 0.2) is 48.5 Å². The molecule has 1 aliphatic heterocycles. The summed E-state index contributed by atoms with van der Waals surface area (Å²) >= 11 is 0. The summed E-state index contributed by atoms with van der Waals surface area (Å²) in [5, 5.41) is 10.5. The molecule has 1 N–H and O–H groups in total. The second-order valence-electron chi connectivity index (χ2n) is 6.79. The molecule has 2 aromatic rings. The quantitative estimate of drug-likeness (QED) is 0.895. The Morgan fingerprint density at radius 3 is 2.62 bits per heavy atom. The maximum atomic E-state index is 13.8. The maximum Gasteiger partial charge on any atom is 0.253 e. The summed E-state index contributed by atoms with van der Waals surface area (Å²) in [7, 11) is 1.63. The highest BCUT2D eigenvalue weighted by atomic mass is 19.1. The van der Waals surface area contributed by atoms with Crippen LogP contribution in [-0.4, -0.2) is 42.2 Å². The van der Waals surface area contributed by atoms with Crippen LogP contribution < -0.4 is 0 Å². The molecule has 5 heteroatoms. The molecule has 0 aliphatic carbocycles. The molecule has 0 spiro atoms. The molecule has 4 nitrogen and oxygen atoms in total. The Morgan fingerprint density at radius 1 is 1.23 bits per heavy atom. The van der Waals surface area contributed by atoms with Gasteiger partial charge in [-0.25, -0.2) is 4.39 Å². The van der Waals surface area contributed by atoms with Gasteiger partial charge in [0, 0.05) is 25.8 Å². The lowest BCUT2D eigenvalue weighted by molar-refractivity contribution is 0.0196. The zero-order chi connectivity index (χ0) is 18.5. The first-order chi connectivity index (χ1) is 12.6. The first-order valence-electron chi connectivity index (χ1n) is 8.87. The maximum absolute atomic E-state index is 13.8. The predicted molar refractivity (Wildman–Crippen MR) is 97.3 cm³/mol. The average molecular weight is 357 g/mol. The summed E-state index contributed by atoms with van der Waals surface area (Å²) < 4.78 is 18.9. The number of β-amino-alcohol motifs (C(OH)–C–C–N with tert-alkyl or cyclic N) is 1. The van der Waals surface area contributed by atoms with Crippen molar-refractivity contribution in [3.05, 3.63) is 71.0 Å². The highest BCUT2D eigenvalue weighted by molar-refractivity contribution is 5.94. The van der Waals surface area contributed by atoms with Gasteiger partial charge in [0.15, 0.2) is 0 Å². The average Bonchev–Trinajstić information content (AvgIpc) is 2.65. The van der Waals surface area contributed by atoms with Crippen molar-refractivity contribution in [1.82, 2.24) is 4.90 Å². The van der Waals surface area contributed by atoms with Crippen LogP contribution in [-0.2, 0) is 17.8 Å². The number of carbonyl (C=O) groups is 1. The number of hydrogen-bond acceptors (Lipinski definition) is 3. The molecular weight excluding hydrogens is 333 g/mol. The molecule has 26 heavy (non-hydrogen) atoms. The van der Waals surface area contributed by atoms with Gasteiger partial charge in [-0.15, -0.1) is 0 Å². The molecule has 0 bridgehead atoms. The third kappa shape index (κ3) is 4.29. The van der Waals surface area contributed by atoms with Crippen molar-refractivity contribution < 1.29 is 19.0 Å². The van der Waals surface area contributed by atoms with E-state index < -0.39 is 6.10 Å². The minimum Gasteiger partial charge on any atom is -0.391 e. The summed E-state index contributed by atoms with van der Waals surface area (Å²) in [6, 6.07) is 14.0. The lowest BCUT2D eigenvalue weighted by Gasteiger charge is -2.36. The Balaban J connectivity index is 1.61. The fourth-order valence-corrected chi connectivity index (χ4v) is 3.44. The monoisotopic (exact) mass is 357 g/mol. The summed E-state index contributed by atoms with van der Waals surface area (Å²) in [6.07, 6.45) is 0.491. The summed E-state index contributed by atoms with van der Waals surface area (Å²) in [6.45, 7) is 1.35. The van der Waals surface area contributed by atoms with E-state index in [1.807, 2.05) is 12.1 Å². The van der Waals surface area contributed by atoms with E-state index in [4.69, 9.17) is 4.74 Å². The van der Waals surface area contributed by atoms with Crippen LogP contribution in [0.25, 0.3) is 0 Å². The van der Waals surface area contributed by atoms with E-state index in [0.717, 1.165) is 5.56 Å². The van der Waals surface area contributed by atoms with Crippen LogP contribution in [0.2, 0.25) is 0 Å². The van der Waals surface area contributed by atoms with Crippen molar-refractivity contribution in [2.24, 2.45) is 5.92 Å². The SMILES string of the molecule is COCc1ccc(C(=O)N2CC[C@H](Cc3ccccc3F)[C@@H](O)C2)cc1. The van der Waals surface area contributed by atoms with Gasteiger partial charge in [-0.1, -0.05) is 30.3 Å². The normalized spacial score (nSPS) is 20.2. The van der Waals surface area contributed by atoms with E-state index in [1.165, 1.54) is 6.07 Å². The van der Waals surface area contributed by atoms with Crippen molar-refractivity contribution in [3.8, 4) is 0 Å². The van der Waals surface area contributed by atoms with Gasteiger partial charge in [0.1, 0.15) is 5.82 Å². The van der Waals surface area contributed by atoms with Gasteiger partial charge in [-0.2, -0.15) is 0 Å². The van der Waals surface area contributed by atoms with Gasteiger partial charge < -0.3 is 14.7 Å². The zero-order valence-corrected chi connectivity index (χ0v) is 14.9. The molecule has 0 aromatic heterocycles. The second-order valence-corrected chi connectivity index (χ2v) is 6.79. The summed E-state index contributed by atoms with van der Waals surface area (Å²) in [4.78, 5) is 14.3. The predicted octanol–water partition coefficient (Wildman–Crippen LogP) is 3.04. The van der Waals surface area contributed by atoms with Crippen LogP contribution in [0.4, 0.5) is 4.39 Å². The number of amides is 1. The molecule has 0 unspecified atom stereocenters. The number of ether oxygens (including phenoxy) is 1. The fourth-order valence-electron chi connectivity index (χ4n) is 3.44. The lowest BCUT2D eigenvalue weighted by Crippen LogP contribution is -2.47. The van der Waals surface area contributed by atoms with Crippen LogP contribution in [0, 0.1) is 11.7 Å². The van der Waals surface area contributed by atoms with E-state index >= 15 is 0 Å². The third-order valence-electron chi connectivity index (χ3n) is 4.96. The number of methoxy groups -OCH3 is 1. The second kappa shape index (κ2) is 8.43. The van der Waals surface area contributed by atoms with Crippen molar-refractivity contribution >= 4 is 5.91 Å². The molecule has 0 saturated carbocycles. The largest absolute Gasteiger partial charge is 0.391 e. The summed E-state index contributed by atoms with van der Waals surface area (Å²) in [5.74, 6) is -0.369. The van der Waals surface area contributed by atoms with E-state index in [9.17, 15) is 14.3 Å². The van der Waals surface area contributed by atoms with Crippen molar-refractivity contribution in [1.29, 1.82) is 0 Å². The molecule has 138 valence electrons. The van der Waals surface area contributed by atoms with Crippen LogP contribution in [0.1, 0.15) is 27.9 Å².